The number of fused-ring (bicyclic) bond motifs is 1. The fraction of sp³-hybridized carbons (Fsp3) is 0.462. The highest BCUT2D eigenvalue weighted by atomic mass is 32.1. The summed E-state index contributed by atoms with van der Waals surface area (Å²) in [5.74, 6) is -1.20. The molecule has 2 aromatic rings. The SMILES string of the molecule is O=C(O)C1CCCc2sc(NCCn3cccn3)nc21. The Balaban J connectivity index is 1.65. The van der Waals surface area contributed by atoms with Crippen molar-refractivity contribution in [2.45, 2.75) is 31.7 Å². The van der Waals surface area contributed by atoms with Crippen molar-refractivity contribution >= 4 is 22.4 Å². The number of carboxylic acids is 1. The summed E-state index contributed by atoms with van der Waals surface area (Å²) in [4.78, 5) is 16.8. The molecule has 0 aromatic carbocycles. The third-order valence-corrected chi connectivity index (χ3v) is 4.52. The van der Waals surface area contributed by atoms with Crippen LogP contribution in [-0.4, -0.2) is 32.4 Å². The molecule has 20 heavy (non-hydrogen) atoms. The van der Waals surface area contributed by atoms with Gasteiger partial charge in [0.15, 0.2) is 5.13 Å². The van der Waals surface area contributed by atoms with E-state index in [4.69, 9.17) is 0 Å². The lowest BCUT2D eigenvalue weighted by Crippen LogP contribution is -2.17. The smallest absolute Gasteiger partial charge is 0.312 e. The maximum Gasteiger partial charge on any atom is 0.312 e. The predicted molar refractivity (Wildman–Crippen MR) is 76.1 cm³/mol. The zero-order valence-corrected chi connectivity index (χ0v) is 11.8. The standard InChI is InChI=1S/C13H16N4O2S/c18-12(19)9-3-1-4-10-11(9)16-13(20-10)14-6-8-17-7-2-5-15-17/h2,5,7,9H,1,3-4,6,8H2,(H,14,16)(H,18,19). The van der Waals surface area contributed by atoms with Gasteiger partial charge in [-0.25, -0.2) is 4.98 Å². The maximum atomic E-state index is 11.2. The molecular formula is C13H16N4O2S. The number of aryl methyl sites for hydroxylation is 1. The Kier molecular flexibility index (Phi) is 3.68. The summed E-state index contributed by atoms with van der Waals surface area (Å²) in [6.45, 7) is 1.49. The topological polar surface area (TPSA) is 80.0 Å². The molecule has 2 aromatic heterocycles. The fourth-order valence-electron chi connectivity index (χ4n) is 2.44. The van der Waals surface area contributed by atoms with Crippen molar-refractivity contribution in [2.24, 2.45) is 0 Å². The van der Waals surface area contributed by atoms with E-state index in [0.29, 0.717) is 6.42 Å². The highest BCUT2D eigenvalue weighted by Crippen LogP contribution is 2.36. The van der Waals surface area contributed by atoms with Crippen LogP contribution >= 0.6 is 11.3 Å². The molecule has 0 amide bonds. The number of hydrogen-bond donors (Lipinski definition) is 2. The monoisotopic (exact) mass is 292 g/mol. The minimum Gasteiger partial charge on any atom is -0.481 e. The number of anilines is 1. The second-order valence-electron chi connectivity index (χ2n) is 4.81. The van der Waals surface area contributed by atoms with Crippen LogP contribution in [0.1, 0.15) is 29.3 Å². The summed E-state index contributed by atoms with van der Waals surface area (Å²) in [7, 11) is 0. The number of hydrogen-bond acceptors (Lipinski definition) is 5. The molecule has 106 valence electrons. The highest BCUT2D eigenvalue weighted by molar-refractivity contribution is 7.15. The Morgan fingerprint density at radius 3 is 3.25 bits per heavy atom. The quantitative estimate of drug-likeness (QED) is 0.880. The second kappa shape index (κ2) is 5.62. The first-order valence-electron chi connectivity index (χ1n) is 6.68. The Bertz CT molecular complexity index is 594. The molecule has 1 aliphatic carbocycles. The van der Waals surface area contributed by atoms with Crippen LogP contribution in [0.3, 0.4) is 0 Å². The molecule has 0 bridgehead atoms. The number of thiazole rings is 1. The molecule has 0 fully saturated rings. The van der Waals surface area contributed by atoms with Gasteiger partial charge in [-0.3, -0.25) is 9.48 Å². The lowest BCUT2D eigenvalue weighted by molar-refractivity contribution is -0.139. The van der Waals surface area contributed by atoms with E-state index in [1.807, 2.05) is 16.9 Å². The summed E-state index contributed by atoms with van der Waals surface area (Å²) in [6, 6.07) is 1.89. The van der Waals surface area contributed by atoms with Gasteiger partial charge in [-0.15, -0.1) is 11.3 Å². The molecule has 7 heteroatoms. The van der Waals surface area contributed by atoms with Gasteiger partial charge in [0.05, 0.1) is 12.2 Å². The maximum absolute atomic E-state index is 11.2. The Hall–Kier alpha value is -1.89. The van der Waals surface area contributed by atoms with Crippen molar-refractivity contribution in [2.75, 3.05) is 11.9 Å². The summed E-state index contributed by atoms with van der Waals surface area (Å²) in [6.07, 6.45) is 6.23. The summed E-state index contributed by atoms with van der Waals surface area (Å²) >= 11 is 1.58. The molecule has 3 rings (SSSR count). The van der Waals surface area contributed by atoms with Crippen LogP contribution < -0.4 is 5.32 Å². The van der Waals surface area contributed by atoms with E-state index in [-0.39, 0.29) is 0 Å². The van der Waals surface area contributed by atoms with E-state index in [2.05, 4.69) is 15.4 Å². The lowest BCUT2D eigenvalue weighted by Gasteiger charge is -2.16. The zero-order chi connectivity index (χ0) is 13.9. The normalized spacial score (nSPS) is 17.7. The van der Waals surface area contributed by atoms with E-state index < -0.39 is 11.9 Å². The largest absolute Gasteiger partial charge is 0.481 e. The summed E-state index contributed by atoms with van der Waals surface area (Å²) in [5, 5.41) is 17.4. The first-order chi connectivity index (χ1) is 9.74. The molecule has 1 unspecified atom stereocenters. The Morgan fingerprint density at radius 1 is 1.60 bits per heavy atom. The van der Waals surface area contributed by atoms with Gasteiger partial charge < -0.3 is 10.4 Å². The molecular weight excluding hydrogens is 276 g/mol. The van der Waals surface area contributed by atoms with Crippen LogP contribution in [0.25, 0.3) is 0 Å². The average molecular weight is 292 g/mol. The van der Waals surface area contributed by atoms with Gasteiger partial charge in [0, 0.05) is 23.8 Å². The van der Waals surface area contributed by atoms with Crippen LogP contribution in [0.2, 0.25) is 0 Å². The first-order valence-corrected chi connectivity index (χ1v) is 7.49. The number of carboxylic acid groups (broad SMARTS) is 1. The van der Waals surface area contributed by atoms with Crippen molar-refractivity contribution < 1.29 is 9.90 Å². The second-order valence-corrected chi connectivity index (χ2v) is 5.89. The van der Waals surface area contributed by atoms with Crippen molar-refractivity contribution in [1.82, 2.24) is 14.8 Å². The predicted octanol–water partition coefficient (Wildman–Crippen LogP) is 1.96. The van der Waals surface area contributed by atoms with Crippen molar-refractivity contribution in [3.8, 4) is 0 Å². The van der Waals surface area contributed by atoms with Gasteiger partial charge in [0.1, 0.15) is 5.92 Å². The fourth-order valence-corrected chi connectivity index (χ4v) is 3.53. The lowest BCUT2D eigenvalue weighted by atomic mass is 9.91. The molecule has 1 aliphatic rings. The van der Waals surface area contributed by atoms with E-state index in [0.717, 1.165) is 41.6 Å². The summed E-state index contributed by atoms with van der Waals surface area (Å²) in [5.41, 5.74) is 0.760. The van der Waals surface area contributed by atoms with Gasteiger partial charge in [-0.05, 0) is 25.3 Å². The number of nitrogens with zero attached hydrogens (tertiary/aromatic N) is 3. The molecule has 0 spiro atoms. The molecule has 2 N–H and O–H groups in total. The Morgan fingerprint density at radius 2 is 2.50 bits per heavy atom. The molecule has 2 heterocycles. The number of aliphatic carboxylic acids is 1. The number of aromatic nitrogens is 3. The zero-order valence-electron chi connectivity index (χ0n) is 11.0. The van der Waals surface area contributed by atoms with Gasteiger partial charge in [0.2, 0.25) is 0 Å². The molecule has 0 aliphatic heterocycles. The van der Waals surface area contributed by atoms with Crippen LogP contribution in [-0.2, 0) is 17.8 Å². The highest BCUT2D eigenvalue weighted by Gasteiger charge is 2.29. The number of nitrogens with one attached hydrogen (secondary N) is 1. The average Bonchev–Trinajstić information content (AvgIpc) is 3.06. The molecule has 0 saturated carbocycles. The number of rotatable bonds is 5. The third-order valence-electron chi connectivity index (χ3n) is 3.43. The number of carbonyl (C=O) groups is 1. The molecule has 0 saturated heterocycles. The minimum absolute atomic E-state index is 0.434. The summed E-state index contributed by atoms with van der Waals surface area (Å²) < 4.78 is 1.85. The van der Waals surface area contributed by atoms with E-state index in [9.17, 15) is 9.90 Å². The molecule has 6 nitrogen and oxygen atoms in total. The van der Waals surface area contributed by atoms with E-state index >= 15 is 0 Å². The van der Waals surface area contributed by atoms with Gasteiger partial charge >= 0.3 is 5.97 Å². The minimum atomic E-state index is -0.764. The van der Waals surface area contributed by atoms with Crippen LogP contribution in [0.4, 0.5) is 5.13 Å². The third kappa shape index (κ3) is 2.67. The van der Waals surface area contributed by atoms with Crippen molar-refractivity contribution in [3.63, 3.8) is 0 Å². The van der Waals surface area contributed by atoms with Gasteiger partial charge in [0.25, 0.3) is 0 Å². The van der Waals surface area contributed by atoms with Crippen LogP contribution in [0.15, 0.2) is 18.5 Å². The molecule has 1 atom stereocenters. The van der Waals surface area contributed by atoms with Crippen molar-refractivity contribution in [1.29, 1.82) is 0 Å². The Labute approximate surface area is 120 Å². The van der Waals surface area contributed by atoms with Crippen LogP contribution in [0, 0.1) is 0 Å². The van der Waals surface area contributed by atoms with Gasteiger partial charge in [-0.2, -0.15) is 5.10 Å². The van der Waals surface area contributed by atoms with E-state index in [1.165, 1.54) is 0 Å². The van der Waals surface area contributed by atoms with E-state index in [1.54, 1.807) is 17.5 Å². The van der Waals surface area contributed by atoms with Gasteiger partial charge in [-0.1, -0.05) is 0 Å². The molecule has 0 radical (unpaired) electrons. The van der Waals surface area contributed by atoms with Crippen molar-refractivity contribution in [3.05, 3.63) is 29.0 Å². The van der Waals surface area contributed by atoms with Crippen LogP contribution in [0.5, 0.6) is 0 Å². The first kappa shape index (κ1) is 13.1.